The normalized spacial score (nSPS) is 7.25. The summed E-state index contributed by atoms with van der Waals surface area (Å²) in [5, 5.41) is 7.99. The van der Waals surface area contributed by atoms with Gasteiger partial charge in [0.05, 0.1) is 6.61 Å². The first kappa shape index (κ1) is 11.3. The molecule has 0 aromatic carbocycles. The molecule has 0 heterocycles. The Kier molecular flexibility index (Phi) is 10.5. The summed E-state index contributed by atoms with van der Waals surface area (Å²) in [4.78, 5) is 9.94. The largest absolute Gasteiger partial charge is 1.00 e. The number of carbonyl (C=O) groups excluding carboxylic acids is 1. The molecule has 0 aromatic rings. The number of hydrogen-bond donors (Lipinski definition) is 1. The van der Waals surface area contributed by atoms with Gasteiger partial charge < -0.3 is 9.84 Å². The molecule has 0 rings (SSSR count). The number of carbonyl (C=O) groups is 1. The van der Waals surface area contributed by atoms with Crippen molar-refractivity contribution in [2.24, 2.45) is 0 Å². The summed E-state index contributed by atoms with van der Waals surface area (Å²) in [6, 6.07) is 0. The van der Waals surface area contributed by atoms with Crippen molar-refractivity contribution in [2.75, 3.05) is 13.2 Å². The summed E-state index contributed by atoms with van der Waals surface area (Å²) >= 11 is 0. The Morgan fingerprint density at radius 1 is 1.75 bits per heavy atom. The first-order valence-corrected chi connectivity index (χ1v) is 2.07. The molecule has 8 heavy (non-hydrogen) atoms. The smallest absolute Gasteiger partial charge is 0.464 e. The molecule has 0 amide bonds. The van der Waals surface area contributed by atoms with E-state index in [-0.39, 0.29) is 29.6 Å². The fourth-order valence-electron chi connectivity index (χ4n) is 0.207. The minimum Gasteiger partial charge on any atom is -0.464 e. The molecule has 0 aromatic heterocycles. The molecular weight excluding hydrogens is 119 g/mol. The van der Waals surface area contributed by atoms with Crippen molar-refractivity contribution in [3.8, 4) is 0 Å². The number of rotatable bonds is 2. The summed E-state index contributed by atoms with van der Waals surface area (Å²) in [5.41, 5.74) is 0. The Balaban J connectivity index is 0. The average molecular weight is 127 g/mol. The van der Waals surface area contributed by atoms with Crippen molar-refractivity contribution in [3.05, 3.63) is 0 Å². The Morgan fingerprint density at radius 2 is 2.25 bits per heavy atom. The average Bonchev–Trinajstić information content (AvgIpc) is 1.68. The van der Waals surface area contributed by atoms with Gasteiger partial charge in [0.25, 0.3) is 0 Å². The van der Waals surface area contributed by atoms with E-state index in [4.69, 9.17) is 5.11 Å². The van der Waals surface area contributed by atoms with Crippen molar-refractivity contribution in [3.63, 3.8) is 0 Å². The molecule has 0 spiro atoms. The van der Waals surface area contributed by atoms with Crippen LogP contribution < -0.4 is 29.6 Å². The molecule has 0 aliphatic heterocycles. The second-order valence-corrected chi connectivity index (χ2v) is 0.963. The molecule has 4 heteroatoms. The van der Waals surface area contributed by atoms with Crippen molar-refractivity contribution >= 4 is 5.97 Å². The van der Waals surface area contributed by atoms with Crippen LogP contribution in [0.1, 0.15) is 6.92 Å². The molecule has 0 aliphatic rings. The monoisotopic (exact) mass is 127 g/mol. The molecule has 42 valence electrons. The third-order valence-corrected chi connectivity index (χ3v) is 0.434. The molecule has 0 unspecified atom stereocenters. The molecule has 0 bridgehead atoms. The summed E-state index contributed by atoms with van der Waals surface area (Å²) < 4.78 is 4.30. The molecule has 0 aliphatic carbocycles. The van der Waals surface area contributed by atoms with Gasteiger partial charge in [0, 0.05) is 0 Å². The van der Waals surface area contributed by atoms with Crippen LogP contribution in [-0.4, -0.2) is 24.3 Å². The van der Waals surface area contributed by atoms with Crippen LogP contribution in [0.2, 0.25) is 0 Å². The van der Waals surface area contributed by atoms with Gasteiger partial charge in [0.1, 0.15) is 6.61 Å². The Bertz CT molecular complexity index is 64.3. The van der Waals surface area contributed by atoms with E-state index in [1.165, 1.54) is 0 Å². The van der Waals surface area contributed by atoms with E-state index in [1.807, 2.05) is 0 Å². The molecule has 0 saturated carbocycles. The van der Waals surface area contributed by atoms with E-state index in [0.29, 0.717) is 6.61 Å². The van der Waals surface area contributed by atoms with Crippen LogP contribution in [0.4, 0.5) is 0 Å². The molecule has 1 N–H and O–H groups in total. The van der Waals surface area contributed by atoms with Gasteiger partial charge in [-0.3, -0.25) is 0 Å². The zero-order chi connectivity index (χ0) is 5.70. The first-order valence-electron chi connectivity index (χ1n) is 2.07. The maximum Gasteiger partial charge on any atom is 1.00 e. The maximum absolute atomic E-state index is 9.94. The van der Waals surface area contributed by atoms with Crippen LogP contribution >= 0.6 is 0 Å². The number of aliphatic hydroxyl groups excluding tert-OH is 1. The van der Waals surface area contributed by atoms with Gasteiger partial charge in [-0.1, -0.05) is 0 Å². The topological polar surface area (TPSA) is 46.5 Å². The van der Waals surface area contributed by atoms with Gasteiger partial charge in [-0.05, 0) is 6.92 Å². The van der Waals surface area contributed by atoms with Gasteiger partial charge in [0.15, 0.2) is 0 Å². The van der Waals surface area contributed by atoms with E-state index in [9.17, 15) is 4.79 Å². The number of aliphatic hydroxyl groups is 1. The number of hydrogen-bond acceptors (Lipinski definition) is 3. The van der Waals surface area contributed by atoms with Gasteiger partial charge in [-0.25, -0.2) is 4.79 Å². The Morgan fingerprint density at radius 3 is 2.38 bits per heavy atom. The van der Waals surface area contributed by atoms with Crippen molar-refractivity contribution in [1.82, 2.24) is 0 Å². The maximum atomic E-state index is 9.94. The van der Waals surface area contributed by atoms with Crippen LogP contribution in [0.5, 0.6) is 0 Å². The van der Waals surface area contributed by atoms with E-state index >= 15 is 0 Å². The minimum atomic E-state index is -0.567. The third-order valence-electron chi connectivity index (χ3n) is 0.434. The Hall–Kier alpha value is 0.430. The van der Waals surface area contributed by atoms with Crippen molar-refractivity contribution < 1.29 is 44.2 Å². The molecular formula is C4H8NaO3+. The molecule has 0 saturated heterocycles. The second kappa shape index (κ2) is 7.43. The zero-order valence-electron chi connectivity index (χ0n) is 5.18. The van der Waals surface area contributed by atoms with Crippen LogP contribution in [-0.2, 0) is 9.53 Å². The van der Waals surface area contributed by atoms with Crippen LogP contribution in [0, 0.1) is 0 Å². The minimum absolute atomic E-state index is 0. The fraction of sp³-hybridized carbons (Fsp3) is 0.750. The van der Waals surface area contributed by atoms with Gasteiger partial charge in [-0.15, -0.1) is 0 Å². The molecule has 3 nitrogen and oxygen atoms in total. The van der Waals surface area contributed by atoms with Crippen LogP contribution in [0.3, 0.4) is 0 Å². The van der Waals surface area contributed by atoms with E-state index in [1.54, 1.807) is 6.92 Å². The molecule has 0 radical (unpaired) electrons. The molecule has 0 fully saturated rings. The SMILES string of the molecule is CCOC(=O)CO.[Na+]. The fourth-order valence-corrected chi connectivity index (χ4v) is 0.207. The quantitative estimate of drug-likeness (QED) is 0.310. The van der Waals surface area contributed by atoms with Gasteiger partial charge >= 0.3 is 35.5 Å². The van der Waals surface area contributed by atoms with Gasteiger partial charge in [0.2, 0.25) is 0 Å². The Labute approximate surface area is 70.3 Å². The predicted octanol–water partition coefficient (Wildman–Crippen LogP) is -3.45. The first-order chi connectivity index (χ1) is 3.31. The van der Waals surface area contributed by atoms with E-state index < -0.39 is 12.6 Å². The van der Waals surface area contributed by atoms with Gasteiger partial charge in [-0.2, -0.15) is 0 Å². The number of esters is 1. The summed E-state index contributed by atoms with van der Waals surface area (Å²) in [6.45, 7) is 1.50. The second-order valence-electron chi connectivity index (χ2n) is 0.963. The predicted molar refractivity (Wildman–Crippen MR) is 23.7 cm³/mol. The standard InChI is InChI=1S/C4H8O3.Na/c1-2-7-4(6)3-5;/h5H,2-3H2,1H3;/q;+1. The van der Waals surface area contributed by atoms with E-state index in [0.717, 1.165) is 0 Å². The van der Waals surface area contributed by atoms with Crippen LogP contribution in [0.25, 0.3) is 0 Å². The summed E-state index contributed by atoms with van der Waals surface area (Å²) in [7, 11) is 0. The third kappa shape index (κ3) is 6.43. The number of ether oxygens (including phenoxy) is 1. The zero-order valence-corrected chi connectivity index (χ0v) is 7.18. The summed E-state index contributed by atoms with van der Waals surface area (Å²) in [6.07, 6.45) is 0. The van der Waals surface area contributed by atoms with Crippen molar-refractivity contribution in [2.45, 2.75) is 6.92 Å². The van der Waals surface area contributed by atoms with E-state index in [2.05, 4.69) is 4.74 Å². The van der Waals surface area contributed by atoms with Crippen molar-refractivity contribution in [1.29, 1.82) is 0 Å². The van der Waals surface area contributed by atoms with Crippen LogP contribution in [0.15, 0.2) is 0 Å². The molecule has 0 atom stereocenters. The summed E-state index contributed by atoms with van der Waals surface area (Å²) in [5.74, 6) is -0.567.